The number of quaternary nitrogens is 1. The largest absolute Gasteiger partial charge is 0.378 e. The van der Waals surface area contributed by atoms with Gasteiger partial charge in [-0.25, -0.2) is 9.13 Å². The number of nitrogens with zero attached hydrogens (tertiary/aromatic N) is 1. The highest BCUT2D eigenvalue weighted by Crippen LogP contribution is 2.43. The lowest BCUT2D eigenvalue weighted by atomic mass is 10.00. The van der Waals surface area contributed by atoms with Gasteiger partial charge < -0.3 is 4.48 Å². The van der Waals surface area contributed by atoms with Crippen LogP contribution in [0.5, 0.6) is 0 Å². The molecule has 0 amide bonds. The topological polar surface area (TPSA) is 34.1 Å². The highest BCUT2D eigenvalue weighted by Gasteiger charge is 2.47. The number of hydrogen-bond donors (Lipinski definition) is 0. The molecule has 0 saturated heterocycles. The predicted molar refractivity (Wildman–Crippen MR) is 133 cm³/mol. The molecular formula is C26H53NO2P+. The fourth-order valence-electron chi connectivity index (χ4n) is 4.46. The molecule has 0 N–H and O–H groups in total. The van der Waals surface area contributed by atoms with Gasteiger partial charge in [-0.05, 0) is 38.5 Å². The quantitative estimate of drug-likeness (QED) is 0.0768. The van der Waals surface area contributed by atoms with E-state index in [-0.39, 0.29) is 0 Å². The molecule has 0 saturated carbocycles. The van der Waals surface area contributed by atoms with E-state index in [4.69, 9.17) is 0 Å². The van der Waals surface area contributed by atoms with E-state index < -0.39 is 13.0 Å². The van der Waals surface area contributed by atoms with Crippen molar-refractivity contribution in [3.05, 3.63) is 12.2 Å². The molecule has 0 aliphatic heterocycles. The van der Waals surface area contributed by atoms with E-state index in [1.165, 1.54) is 77.0 Å². The van der Waals surface area contributed by atoms with Crippen LogP contribution in [0, 0.1) is 0 Å². The van der Waals surface area contributed by atoms with E-state index in [2.05, 4.69) is 26.0 Å². The van der Waals surface area contributed by atoms with Crippen LogP contribution in [0.15, 0.2) is 12.2 Å². The van der Waals surface area contributed by atoms with E-state index in [9.17, 15) is 9.13 Å². The molecule has 0 fully saturated rings. The second-order valence-corrected chi connectivity index (χ2v) is 11.4. The van der Waals surface area contributed by atoms with Gasteiger partial charge in [0, 0.05) is 12.8 Å². The van der Waals surface area contributed by atoms with Crippen molar-refractivity contribution in [2.45, 2.75) is 135 Å². The zero-order chi connectivity index (χ0) is 22.7. The van der Waals surface area contributed by atoms with Gasteiger partial charge in [0.05, 0.1) is 21.1 Å². The van der Waals surface area contributed by atoms with Crippen molar-refractivity contribution in [2.75, 3.05) is 21.1 Å². The zero-order valence-electron chi connectivity index (χ0n) is 21.1. The van der Waals surface area contributed by atoms with Gasteiger partial charge in [0.25, 0.3) is 0 Å². The van der Waals surface area contributed by atoms with Crippen LogP contribution in [0.2, 0.25) is 0 Å². The van der Waals surface area contributed by atoms with Gasteiger partial charge in [-0.1, -0.05) is 90.2 Å². The molecule has 0 aliphatic rings. The number of rotatable bonds is 21. The Labute approximate surface area is 189 Å². The Bertz CT molecular complexity index is 486. The maximum absolute atomic E-state index is 12.1. The van der Waals surface area contributed by atoms with Crippen LogP contribution in [0.25, 0.3) is 0 Å². The summed E-state index contributed by atoms with van der Waals surface area (Å²) in [6, 6.07) is 0. The van der Waals surface area contributed by atoms with Crippen LogP contribution in [0.4, 0.5) is 0 Å². The maximum Gasteiger partial charge on any atom is 0.378 e. The van der Waals surface area contributed by atoms with Crippen LogP contribution in [0.1, 0.15) is 129 Å². The minimum atomic E-state index is -2.43. The van der Waals surface area contributed by atoms with Gasteiger partial charge in [-0.2, -0.15) is 0 Å². The van der Waals surface area contributed by atoms with Gasteiger partial charge in [-0.3, -0.25) is 0 Å². The van der Waals surface area contributed by atoms with E-state index in [1.807, 2.05) is 21.1 Å². The van der Waals surface area contributed by atoms with Crippen LogP contribution < -0.4 is 0 Å². The minimum absolute atomic E-state index is 0.508. The van der Waals surface area contributed by atoms with Gasteiger partial charge in [0.1, 0.15) is 0 Å². The van der Waals surface area contributed by atoms with Crippen molar-refractivity contribution < 1.29 is 13.6 Å². The molecule has 0 radical (unpaired) electrons. The monoisotopic (exact) mass is 442 g/mol. The molecule has 0 spiro atoms. The van der Waals surface area contributed by atoms with E-state index >= 15 is 0 Å². The Kier molecular flexibility index (Phi) is 18.0. The van der Waals surface area contributed by atoms with Crippen LogP contribution in [-0.2, 0) is 9.13 Å². The molecule has 30 heavy (non-hydrogen) atoms. The molecule has 0 rings (SSSR count). The van der Waals surface area contributed by atoms with E-state index in [1.54, 1.807) is 0 Å². The Morgan fingerprint density at radius 2 is 1.03 bits per heavy atom. The number of allylic oxidation sites excluding steroid dienone is 2. The molecular weight excluding hydrogens is 389 g/mol. The molecule has 1 atom stereocenters. The lowest BCUT2D eigenvalue weighted by Gasteiger charge is -2.41. The molecule has 0 aliphatic carbocycles. The molecule has 4 heteroatoms. The van der Waals surface area contributed by atoms with Crippen molar-refractivity contribution in [1.29, 1.82) is 0 Å². The standard InChI is InChI=1S/C26H53NO2P/c1-6-8-9-10-11-12-13-14-15-16-17-18-19-20-21-22-23-25-26(24-7-2,30(28)29)27(3,4)5/h19-20H,6-18,21-25H2,1-5H3/q+1. The summed E-state index contributed by atoms with van der Waals surface area (Å²) in [6.45, 7) is 4.36. The fraction of sp³-hybridized carbons (Fsp3) is 0.923. The Balaban J connectivity index is 3.75. The first kappa shape index (κ1) is 29.6. The van der Waals surface area contributed by atoms with Crippen molar-refractivity contribution >= 4 is 7.68 Å². The minimum Gasteiger partial charge on any atom is -0.314 e. The summed E-state index contributed by atoms with van der Waals surface area (Å²) < 4.78 is 24.6. The van der Waals surface area contributed by atoms with Crippen molar-refractivity contribution in [3.8, 4) is 0 Å². The van der Waals surface area contributed by atoms with Gasteiger partial charge in [0.15, 0.2) is 0 Å². The highest BCUT2D eigenvalue weighted by atomic mass is 31.1. The second-order valence-electron chi connectivity index (χ2n) is 10.0. The van der Waals surface area contributed by atoms with E-state index in [0.29, 0.717) is 4.48 Å². The summed E-state index contributed by atoms with van der Waals surface area (Å²) in [4.78, 5) is 0. The SMILES string of the molecule is CCCCCCCCCCCCCC=CCCCCC(CCC)(P(=O)=O)[N+](C)(C)C. The third-order valence-corrected chi connectivity index (χ3v) is 8.30. The molecule has 0 aromatic carbocycles. The Hall–Kier alpha value is -0.400. The summed E-state index contributed by atoms with van der Waals surface area (Å²) >= 11 is 0. The molecule has 1 unspecified atom stereocenters. The predicted octanol–water partition coefficient (Wildman–Crippen LogP) is 9.18. The lowest BCUT2D eigenvalue weighted by molar-refractivity contribution is -0.908. The molecule has 0 aromatic rings. The van der Waals surface area contributed by atoms with Crippen LogP contribution >= 0.6 is 7.68 Å². The second kappa shape index (κ2) is 18.2. The molecule has 0 aromatic heterocycles. The van der Waals surface area contributed by atoms with Gasteiger partial charge in [0.2, 0.25) is 5.28 Å². The van der Waals surface area contributed by atoms with Gasteiger partial charge >= 0.3 is 7.68 Å². The van der Waals surface area contributed by atoms with Crippen LogP contribution in [0.3, 0.4) is 0 Å². The summed E-state index contributed by atoms with van der Waals surface area (Å²) in [5.74, 6) is 0. The number of hydrogen-bond acceptors (Lipinski definition) is 2. The lowest BCUT2D eigenvalue weighted by Crippen LogP contribution is -2.53. The van der Waals surface area contributed by atoms with Crippen molar-refractivity contribution in [2.24, 2.45) is 0 Å². The normalized spacial score (nSPS) is 14.3. The van der Waals surface area contributed by atoms with Crippen LogP contribution in [-0.4, -0.2) is 30.9 Å². The summed E-state index contributed by atoms with van der Waals surface area (Å²) in [7, 11) is 3.63. The fourth-order valence-corrected chi connectivity index (χ4v) is 5.69. The third kappa shape index (κ3) is 13.1. The number of unbranched alkanes of at least 4 members (excludes halogenated alkanes) is 13. The maximum atomic E-state index is 12.1. The smallest absolute Gasteiger partial charge is 0.314 e. The molecule has 3 nitrogen and oxygen atoms in total. The molecule has 0 heterocycles. The summed E-state index contributed by atoms with van der Waals surface area (Å²) in [5.41, 5.74) is 0. The van der Waals surface area contributed by atoms with Gasteiger partial charge in [-0.15, -0.1) is 0 Å². The Morgan fingerprint density at radius 1 is 0.600 bits per heavy atom. The average Bonchev–Trinajstić information content (AvgIpc) is 2.68. The highest BCUT2D eigenvalue weighted by molar-refractivity contribution is 7.32. The van der Waals surface area contributed by atoms with Crippen molar-refractivity contribution in [1.82, 2.24) is 0 Å². The first-order chi connectivity index (χ1) is 14.3. The summed E-state index contributed by atoms with van der Waals surface area (Å²) in [6.07, 6.45) is 26.8. The summed E-state index contributed by atoms with van der Waals surface area (Å²) in [5, 5.41) is -0.608. The zero-order valence-corrected chi connectivity index (χ0v) is 22.0. The Morgan fingerprint density at radius 3 is 1.43 bits per heavy atom. The third-order valence-electron chi connectivity index (χ3n) is 6.58. The molecule has 0 bridgehead atoms. The molecule has 178 valence electrons. The average molecular weight is 443 g/mol. The van der Waals surface area contributed by atoms with Crippen molar-refractivity contribution in [3.63, 3.8) is 0 Å². The first-order valence-electron chi connectivity index (χ1n) is 12.9. The first-order valence-corrected chi connectivity index (χ1v) is 14.1. The van der Waals surface area contributed by atoms with E-state index in [0.717, 1.165) is 38.5 Å².